The summed E-state index contributed by atoms with van der Waals surface area (Å²) >= 11 is 0. The minimum absolute atomic E-state index is 0.198. The molecule has 1 saturated heterocycles. The number of hydrogen-bond acceptors (Lipinski definition) is 4. The van der Waals surface area contributed by atoms with Gasteiger partial charge >= 0.3 is 0 Å². The van der Waals surface area contributed by atoms with E-state index in [-0.39, 0.29) is 6.10 Å². The average molecular weight is 247 g/mol. The number of benzene rings is 1. The van der Waals surface area contributed by atoms with E-state index in [0.717, 1.165) is 35.3 Å². The number of nitrogens with two attached hydrogens (primary N) is 1. The Labute approximate surface area is 106 Å². The number of para-hydroxylation sites is 1. The molecule has 1 aliphatic heterocycles. The maximum absolute atomic E-state index is 5.86. The van der Waals surface area contributed by atoms with Gasteiger partial charge in [-0.25, -0.2) is 0 Å². The van der Waals surface area contributed by atoms with Crippen molar-refractivity contribution in [2.24, 2.45) is 5.73 Å². The van der Waals surface area contributed by atoms with Gasteiger partial charge in [-0.05, 0) is 12.5 Å². The SMILES string of the molecule is NCc1oc2ccccc2c1COC1CCOC1. The highest BCUT2D eigenvalue weighted by Crippen LogP contribution is 2.27. The minimum Gasteiger partial charge on any atom is -0.459 e. The quantitative estimate of drug-likeness (QED) is 0.899. The van der Waals surface area contributed by atoms with Crippen LogP contribution in [0.5, 0.6) is 0 Å². The smallest absolute Gasteiger partial charge is 0.134 e. The number of furan rings is 1. The molecule has 0 spiro atoms. The molecule has 0 radical (unpaired) electrons. The molecule has 2 heterocycles. The van der Waals surface area contributed by atoms with Crippen LogP contribution in [0.3, 0.4) is 0 Å². The van der Waals surface area contributed by atoms with Crippen molar-refractivity contribution in [3.63, 3.8) is 0 Å². The molecule has 3 rings (SSSR count). The topological polar surface area (TPSA) is 57.6 Å². The Balaban J connectivity index is 1.84. The summed E-state index contributed by atoms with van der Waals surface area (Å²) in [7, 11) is 0. The average Bonchev–Trinajstić information content (AvgIpc) is 3.03. The zero-order valence-electron chi connectivity index (χ0n) is 10.2. The van der Waals surface area contributed by atoms with Crippen molar-refractivity contribution in [2.75, 3.05) is 13.2 Å². The lowest BCUT2D eigenvalue weighted by atomic mass is 10.1. The molecule has 4 heteroatoms. The van der Waals surface area contributed by atoms with Crippen molar-refractivity contribution in [3.8, 4) is 0 Å². The van der Waals surface area contributed by atoms with Crippen LogP contribution in [0.15, 0.2) is 28.7 Å². The lowest BCUT2D eigenvalue weighted by molar-refractivity contribution is 0.0316. The summed E-state index contributed by atoms with van der Waals surface area (Å²) in [5.74, 6) is 0.815. The summed E-state index contributed by atoms with van der Waals surface area (Å²) in [6.45, 7) is 2.42. The van der Waals surface area contributed by atoms with E-state index < -0.39 is 0 Å². The summed E-state index contributed by atoms with van der Waals surface area (Å²) in [6.07, 6.45) is 1.16. The second-order valence-electron chi connectivity index (χ2n) is 4.50. The van der Waals surface area contributed by atoms with Gasteiger partial charge < -0.3 is 19.6 Å². The first-order valence-corrected chi connectivity index (χ1v) is 6.27. The van der Waals surface area contributed by atoms with E-state index in [1.807, 2.05) is 24.3 Å². The molecule has 1 atom stereocenters. The molecule has 1 aliphatic rings. The van der Waals surface area contributed by atoms with Crippen LogP contribution >= 0.6 is 0 Å². The van der Waals surface area contributed by atoms with Crippen LogP contribution in [0.4, 0.5) is 0 Å². The van der Waals surface area contributed by atoms with E-state index in [2.05, 4.69) is 0 Å². The predicted molar refractivity (Wildman–Crippen MR) is 68.1 cm³/mol. The summed E-state index contributed by atoms with van der Waals surface area (Å²) in [4.78, 5) is 0. The van der Waals surface area contributed by atoms with Gasteiger partial charge in [0, 0.05) is 17.6 Å². The fourth-order valence-corrected chi connectivity index (χ4v) is 2.32. The Morgan fingerprint density at radius 1 is 1.33 bits per heavy atom. The van der Waals surface area contributed by atoms with Crippen LogP contribution in [-0.2, 0) is 22.6 Å². The van der Waals surface area contributed by atoms with E-state index in [4.69, 9.17) is 19.6 Å². The van der Waals surface area contributed by atoms with Crippen LogP contribution in [0.1, 0.15) is 17.7 Å². The zero-order valence-corrected chi connectivity index (χ0v) is 10.2. The standard InChI is InChI=1S/C14H17NO3/c15-7-14-12(9-17-10-5-6-16-8-10)11-3-1-2-4-13(11)18-14/h1-4,10H,5-9,15H2. The third-order valence-electron chi connectivity index (χ3n) is 3.32. The molecule has 0 aliphatic carbocycles. The molecule has 1 aromatic carbocycles. The highest BCUT2D eigenvalue weighted by atomic mass is 16.5. The maximum Gasteiger partial charge on any atom is 0.134 e. The fraction of sp³-hybridized carbons (Fsp3) is 0.429. The Hall–Kier alpha value is -1.36. The normalized spacial score (nSPS) is 19.7. The lowest BCUT2D eigenvalue weighted by Gasteiger charge is -2.09. The van der Waals surface area contributed by atoms with Gasteiger partial charge in [0.15, 0.2) is 0 Å². The van der Waals surface area contributed by atoms with Crippen LogP contribution < -0.4 is 5.73 Å². The molecule has 0 amide bonds. The molecular weight excluding hydrogens is 230 g/mol. The molecule has 1 unspecified atom stereocenters. The van der Waals surface area contributed by atoms with Crippen molar-refractivity contribution in [1.29, 1.82) is 0 Å². The minimum atomic E-state index is 0.198. The van der Waals surface area contributed by atoms with Gasteiger partial charge in [-0.3, -0.25) is 0 Å². The van der Waals surface area contributed by atoms with E-state index >= 15 is 0 Å². The summed E-state index contributed by atoms with van der Waals surface area (Å²) < 4.78 is 16.9. The molecule has 1 aromatic heterocycles. The Morgan fingerprint density at radius 2 is 2.22 bits per heavy atom. The van der Waals surface area contributed by atoms with Crippen LogP contribution in [0, 0.1) is 0 Å². The highest BCUT2D eigenvalue weighted by molar-refractivity contribution is 5.82. The van der Waals surface area contributed by atoms with E-state index in [9.17, 15) is 0 Å². The van der Waals surface area contributed by atoms with Gasteiger partial charge in [0.25, 0.3) is 0 Å². The predicted octanol–water partition coefficient (Wildman–Crippen LogP) is 2.20. The molecule has 18 heavy (non-hydrogen) atoms. The van der Waals surface area contributed by atoms with Gasteiger partial charge in [0.2, 0.25) is 0 Å². The zero-order chi connectivity index (χ0) is 12.4. The molecule has 0 saturated carbocycles. The maximum atomic E-state index is 5.86. The molecule has 4 nitrogen and oxygen atoms in total. The second kappa shape index (κ2) is 5.10. The van der Waals surface area contributed by atoms with E-state index in [0.29, 0.717) is 19.8 Å². The summed E-state index contributed by atoms with van der Waals surface area (Å²) in [5, 5.41) is 1.09. The monoisotopic (exact) mass is 247 g/mol. The van der Waals surface area contributed by atoms with Crippen LogP contribution in [0.25, 0.3) is 11.0 Å². The number of ether oxygens (including phenoxy) is 2. The van der Waals surface area contributed by atoms with Crippen molar-refractivity contribution in [2.45, 2.75) is 25.7 Å². The molecule has 2 aromatic rings. The van der Waals surface area contributed by atoms with Gasteiger partial charge in [-0.15, -0.1) is 0 Å². The first-order valence-electron chi connectivity index (χ1n) is 6.27. The molecular formula is C14H17NO3. The van der Waals surface area contributed by atoms with Crippen molar-refractivity contribution >= 4 is 11.0 Å². The highest BCUT2D eigenvalue weighted by Gasteiger charge is 2.19. The molecule has 0 bridgehead atoms. The number of hydrogen-bond donors (Lipinski definition) is 1. The van der Waals surface area contributed by atoms with Crippen molar-refractivity contribution in [1.82, 2.24) is 0 Å². The fourth-order valence-electron chi connectivity index (χ4n) is 2.32. The lowest BCUT2D eigenvalue weighted by Crippen LogP contribution is -2.12. The van der Waals surface area contributed by atoms with Gasteiger partial charge in [-0.1, -0.05) is 18.2 Å². The van der Waals surface area contributed by atoms with Crippen LogP contribution in [-0.4, -0.2) is 19.3 Å². The van der Waals surface area contributed by atoms with E-state index in [1.165, 1.54) is 0 Å². The second-order valence-corrected chi connectivity index (χ2v) is 4.50. The van der Waals surface area contributed by atoms with Gasteiger partial charge in [-0.2, -0.15) is 0 Å². The molecule has 96 valence electrons. The van der Waals surface area contributed by atoms with Gasteiger partial charge in [0.1, 0.15) is 11.3 Å². The number of rotatable bonds is 4. The molecule has 1 fully saturated rings. The third kappa shape index (κ3) is 2.14. The van der Waals surface area contributed by atoms with E-state index in [1.54, 1.807) is 0 Å². The van der Waals surface area contributed by atoms with Crippen molar-refractivity contribution in [3.05, 3.63) is 35.6 Å². The Morgan fingerprint density at radius 3 is 3.00 bits per heavy atom. The van der Waals surface area contributed by atoms with Crippen molar-refractivity contribution < 1.29 is 13.9 Å². The first kappa shape index (κ1) is 11.7. The molecule has 2 N–H and O–H groups in total. The van der Waals surface area contributed by atoms with Gasteiger partial charge in [0.05, 0.1) is 25.9 Å². The summed E-state index contributed by atoms with van der Waals surface area (Å²) in [5.41, 5.74) is 7.67. The largest absolute Gasteiger partial charge is 0.459 e. The number of fused-ring (bicyclic) bond motifs is 1. The summed E-state index contributed by atoms with van der Waals surface area (Å²) in [6, 6.07) is 7.96. The Kier molecular flexibility index (Phi) is 3.32. The first-order chi connectivity index (χ1) is 8.88. The van der Waals surface area contributed by atoms with Crippen LogP contribution in [0.2, 0.25) is 0 Å². The Bertz CT molecular complexity index is 529. The third-order valence-corrected chi connectivity index (χ3v) is 3.32.